The van der Waals surface area contributed by atoms with Crippen LogP contribution in [0.4, 0.5) is 0 Å². The summed E-state index contributed by atoms with van der Waals surface area (Å²) >= 11 is 0. The molecule has 0 heterocycles. The van der Waals surface area contributed by atoms with Crippen LogP contribution in [-0.4, -0.2) is 0 Å². The van der Waals surface area contributed by atoms with Gasteiger partial charge in [0.2, 0.25) is 0 Å². The molecule has 6 saturated carbocycles. The summed E-state index contributed by atoms with van der Waals surface area (Å²) in [6.45, 7) is 0. The number of hydrogen-bond donors (Lipinski definition) is 0. The first-order valence-electron chi connectivity index (χ1n) is 16.9. The van der Waals surface area contributed by atoms with Gasteiger partial charge in [0.1, 0.15) is 0 Å². The minimum absolute atomic E-state index is 0. The van der Waals surface area contributed by atoms with Crippen molar-refractivity contribution in [2.75, 3.05) is 0 Å². The second-order valence-corrected chi connectivity index (χ2v) is 11.6. The first kappa shape index (κ1) is 53.1. The van der Waals surface area contributed by atoms with E-state index in [1.54, 1.807) is 0 Å². The smallest absolute Gasteiger partial charge is 0.328 e. The molecule has 41 heavy (non-hydrogen) atoms. The Morgan fingerprint density at radius 2 is 0.293 bits per heavy atom. The quantitative estimate of drug-likeness (QED) is 0.169. The third-order valence-corrected chi connectivity index (χ3v) is 7.90. The summed E-state index contributed by atoms with van der Waals surface area (Å²) in [5, 5.41) is 0. The largest absolute Gasteiger partial charge is 2.00 e. The molecule has 6 aliphatic rings. The molecule has 0 N–H and O–H groups in total. The van der Waals surface area contributed by atoms with Crippen molar-refractivity contribution >= 4 is 0 Å². The Morgan fingerprint density at radius 1 is 0.195 bits per heavy atom. The van der Waals surface area contributed by atoms with E-state index in [0.29, 0.717) is 0 Å². The molecule has 0 bridgehead atoms. The van der Waals surface area contributed by atoms with Crippen LogP contribution >= 0.6 is 0 Å². The third-order valence-electron chi connectivity index (χ3n) is 7.90. The summed E-state index contributed by atoms with van der Waals surface area (Å²) in [5.74, 6) is 0. The zero-order valence-corrected chi connectivity index (χ0v) is 30.9. The Balaban J connectivity index is -0.000000123. The van der Waals surface area contributed by atoms with Gasteiger partial charge in [-0.15, -0.1) is 0 Å². The molecule has 0 saturated heterocycles. The van der Waals surface area contributed by atoms with Crippen molar-refractivity contribution in [1.29, 1.82) is 0 Å². The third kappa shape index (κ3) is 47.1. The average Bonchev–Trinajstić information content (AvgIpc) is 3.04. The van der Waals surface area contributed by atoms with E-state index in [0.717, 1.165) is 0 Å². The summed E-state index contributed by atoms with van der Waals surface area (Å²) in [7, 11) is 0. The molecule has 6 fully saturated rings. The second-order valence-electron chi connectivity index (χ2n) is 11.6. The standard InChI is InChI=1S/6C6H11.5Cu/c6*1-2-4-6-5-3-1;;;;;/h6*1H,2-6H2;;;;;/q6*-1;;3*+1;+2. The van der Waals surface area contributed by atoms with Crippen molar-refractivity contribution in [3.05, 3.63) is 38.5 Å². The monoisotopic (exact) mass is 813 g/mol. The predicted octanol–water partition coefficient (Wildman–Crippen LogP) is 12.9. The van der Waals surface area contributed by atoms with Crippen LogP contribution in [0.5, 0.6) is 0 Å². The van der Waals surface area contributed by atoms with Crippen molar-refractivity contribution in [2.24, 2.45) is 0 Å². The number of rotatable bonds is 0. The molecule has 0 amide bonds. The van der Waals surface area contributed by atoms with E-state index in [4.69, 9.17) is 0 Å². The molecule has 0 aliphatic heterocycles. The van der Waals surface area contributed by atoms with E-state index < -0.39 is 0 Å². The Hall–Kier alpha value is 2.60. The molecular formula is C36H66Cu5-. The van der Waals surface area contributed by atoms with Gasteiger partial charge in [-0.25, -0.2) is 0 Å². The van der Waals surface area contributed by atoms with E-state index in [-0.39, 0.29) is 85.3 Å². The van der Waals surface area contributed by atoms with Gasteiger partial charge in [-0.2, -0.15) is 77.0 Å². The van der Waals surface area contributed by atoms with Gasteiger partial charge >= 0.3 is 68.3 Å². The molecule has 0 unspecified atom stereocenters. The minimum Gasteiger partial charge on any atom is -0.328 e. The summed E-state index contributed by atoms with van der Waals surface area (Å²) in [6.07, 6.45) is 57.0. The van der Waals surface area contributed by atoms with Crippen LogP contribution in [0.2, 0.25) is 0 Å². The van der Waals surface area contributed by atoms with Gasteiger partial charge in [-0.05, 0) is 0 Å². The summed E-state index contributed by atoms with van der Waals surface area (Å²) in [6, 6.07) is 0. The molecule has 5 heteroatoms. The Kier molecular flexibility index (Phi) is 64.1. The molecule has 6 aliphatic carbocycles. The average molecular weight is 817 g/mol. The van der Waals surface area contributed by atoms with Crippen LogP contribution < -0.4 is 0 Å². The Morgan fingerprint density at radius 3 is 0.317 bits per heavy atom. The fraction of sp³-hybridized carbons (Fsp3) is 0.833. The van der Waals surface area contributed by atoms with Crippen LogP contribution in [0.1, 0.15) is 193 Å². The topological polar surface area (TPSA) is 0 Å². The van der Waals surface area contributed by atoms with Crippen molar-refractivity contribution in [3.8, 4) is 0 Å². The van der Waals surface area contributed by atoms with E-state index in [1.165, 1.54) is 193 Å². The minimum atomic E-state index is 0. The van der Waals surface area contributed by atoms with Crippen molar-refractivity contribution in [1.82, 2.24) is 0 Å². The first-order valence-corrected chi connectivity index (χ1v) is 16.9. The van der Waals surface area contributed by atoms with E-state index in [9.17, 15) is 0 Å². The van der Waals surface area contributed by atoms with Gasteiger partial charge in [0.05, 0.1) is 0 Å². The van der Waals surface area contributed by atoms with Crippen LogP contribution in [-0.2, 0) is 85.3 Å². The molecule has 266 valence electrons. The molecule has 6 rings (SSSR count). The van der Waals surface area contributed by atoms with Gasteiger partial charge in [0, 0.05) is 17.1 Å². The van der Waals surface area contributed by atoms with Gasteiger partial charge < -0.3 is 38.5 Å². The van der Waals surface area contributed by atoms with Crippen LogP contribution in [0.15, 0.2) is 0 Å². The Labute approximate surface area is 313 Å². The fourth-order valence-corrected chi connectivity index (χ4v) is 5.39. The molecule has 2 radical (unpaired) electrons. The van der Waals surface area contributed by atoms with E-state index >= 15 is 0 Å². The molecular weight excluding hydrogens is 750 g/mol. The van der Waals surface area contributed by atoms with Crippen molar-refractivity contribution in [3.63, 3.8) is 0 Å². The first-order chi connectivity index (χ1) is 18.0. The SMILES string of the molecule is [CH-]1CCCCC1.[CH-]1CCCCC1.[CH-]1CCCCC1.[CH-]1CCCCC1.[CH-]1CCCCC1.[CH-]1CCCCC1.[Cu+2].[Cu+].[Cu+].[Cu+].[Cu]. The predicted molar refractivity (Wildman–Crippen MR) is 164 cm³/mol. The maximum Gasteiger partial charge on any atom is 2.00 e. The second kappa shape index (κ2) is 49.5. The maximum absolute atomic E-state index is 2.39. The van der Waals surface area contributed by atoms with Gasteiger partial charge in [0.25, 0.3) is 0 Å². The molecule has 0 aromatic heterocycles. The van der Waals surface area contributed by atoms with E-state index in [2.05, 4.69) is 38.5 Å². The molecule has 0 atom stereocenters. The fourth-order valence-electron chi connectivity index (χ4n) is 5.39. The summed E-state index contributed by atoms with van der Waals surface area (Å²) < 4.78 is 0. The van der Waals surface area contributed by atoms with Gasteiger partial charge in [-0.1, -0.05) is 116 Å². The molecule has 0 spiro atoms. The Bertz CT molecular complexity index is 208. The van der Waals surface area contributed by atoms with Crippen LogP contribution in [0.25, 0.3) is 0 Å². The maximum atomic E-state index is 2.39. The zero-order valence-electron chi connectivity index (χ0n) is 26.2. The molecule has 0 aromatic carbocycles. The van der Waals surface area contributed by atoms with Crippen molar-refractivity contribution < 1.29 is 85.3 Å². The summed E-state index contributed by atoms with van der Waals surface area (Å²) in [4.78, 5) is 0. The summed E-state index contributed by atoms with van der Waals surface area (Å²) in [5.41, 5.74) is 0. The van der Waals surface area contributed by atoms with Gasteiger partial charge in [-0.3, -0.25) is 0 Å². The van der Waals surface area contributed by atoms with Crippen molar-refractivity contribution in [2.45, 2.75) is 193 Å². The van der Waals surface area contributed by atoms with Crippen LogP contribution in [0, 0.1) is 38.5 Å². The van der Waals surface area contributed by atoms with Crippen LogP contribution in [0.3, 0.4) is 0 Å². The van der Waals surface area contributed by atoms with E-state index in [1.807, 2.05) is 0 Å². The number of hydrogen-bond acceptors (Lipinski definition) is 0. The normalized spacial score (nSPS) is 21.1. The zero-order chi connectivity index (χ0) is 25.5. The van der Waals surface area contributed by atoms with Gasteiger partial charge in [0.15, 0.2) is 0 Å². The molecule has 0 nitrogen and oxygen atoms in total. The molecule has 0 aromatic rings.